The number of hydrogen-bond acceptors (Lipinski definition) is 2. The normalized spacial score (nSPS) is 13.3. The topological polar surface area (TPSA) is 18.5 Å². The van der Waals surface area contributed by atoms with Crippen LogP contribution in [0, 0.1) is 0 Å². The number of methoxy groups -OCH3 is 1. The van der Waals surface area contributed by atoms with Gasteiger partial charge in [0, 0.05) is 7.11 Å². The van der Waals surface area contributed by atoms with Gasteiger partial charge >= 0.3 is 0 Å². The Morgan fingerprint density at radius 1 is 0.875 bits per heavy atom. The molecule has 0 N–H and O–H groups in total. The first-order valence-corrected chi connectivity index (χ1v) is 6.89. The molecule has 0 saturated carbocycles. The fourth-order valence-electron chi connectivity index (χ4n) is 1.81. The average molecular weight is 230 g/mol. The van der Waals surface area contributed by atoms with Gasteiger partial charge in [-0.1, -0.05) is 45.4 Å². The van der Waals surface area contributed by atoms with Gasteiger partial charge in [0.2, 0.25) is 0 Å². The maximum Gasteiger partial charge on any atom is 0.157 e. The number of unbranched alkanes of at least 4 members (excludes halogenated alkanes) is 6. The summed E-state index contributed by atoms with van der Waals surface area (Å²) < 4.78 is 10.9. The Kier molecular flexibility index (Phi) is 11.3. The molecule has 0 aromatic carbocycles. The maximum absolute atomic E-state index is 5.62. The highest BCUT2D eigenvalue weighted by Gasteiger charge is 2.08. The molecule has 98 valence electrons. The van der Waals surface area contributed by atoms with Crippen LogP contribution in [0.25, 0.3) is 0 Å². The van der Waals surface area contributed by atoms with Gasteiger partial charge in [-0.15, -0.1) is 0 Å². The minimum Gasteiger partial charge on any atom is -0.356 e. The van der Waals surface area contributed by atoms with Crippen LogP contribution in [0.1, 0.15) is 72.1 Å². The lowest BCUT2D eigenvalue weighted by Gasteiger charge is -2.18. The molecule has 0 bridgehead atoms. The highest BCUT2D eigenvalue weighted by molar-refractivity contribution is 4.50. The van der Waals surface area contributed by atoms with Crippen molar-refractivity contribution < 1.29 is 9.47 Å². The van der Waals surface area contributed by atoms with Crippen molar-refractivity contribution in [3.63, 3.8) is 0 Å². The van der Waals surface area contributed by atoms with Gasteiger partial charge in [0.15, 0.2) is 6.29 Å². The molecular formula is C14H30O2. The van der Waals surface area contributed by atoms with Gasteiger partial charge in [-0.3, -0.25) is 0 Å². The van der Waals surface area contributed by atoms with Crippen molar-refractivity contribution in [1.82, 2.24) is 0 Å². The molecule has 0 aliphatic heterocycles. The third kappa shape index (κ3) is 10.4. The molecule has 0 fully saturated rings. The average Bonchev–Trinajstić information content (AvgIpc) is 2.25. The molecule has 2 heteroatoms. The van der Waals surface area contributed by atoms with Crippen molar-refractivity contribution in [2.75, 3.05) is 7.11 Å². The molecule has 0 saturated heterocycles. The Morgan fingerprint density at radius 2 is 1.44 bits per heavy atom. The van der Waals surface area contributed by atoms with Crippen molar-refractivity contribution in [2.24, 2.45) is 0 Å². The fourth-order valence-corrected chi connectivity index (χ4v) is 1.81. The van der Waals surface area contributed by atoms with E-state index in [2.05, 4.69) is 20.8 Å². The van der Waals surface area contributed by atoms with Crippen LogP contribution >= 0.6 is 0 Å². The number of ether oxygens (including phenoxy) is 2. The van der Waals surface area contributed by atoms with Gasteiger partial charge in [-0.05, 0) is 26.7 Å². The molecule has 1 unspecified atom stereocenters. The van der Waals surface area contributed by atoms with E-state index in [0.717, 1.165) is 6.42 Å². The van der Waals surface area contributed by atoms with Crippen molar-refractivity contribution >= 4 is 0 Å². The van der Waals surface area contributed by atoms with Crippen molar-refractivity contribution in [2.45, 2.75) is 84.5 Å². The summed E-state index contributed by atoms with van der Waals surface area (Å²) >= 11 is 0. The summed E-state index contributed by atoms with van der Waals surface area (Å²) in [6.45, 7) is 6.36. The lowest BCUT2D eigenvalue weighted by molar-refractivity contribution is -0.150. The van der Waals surface area contributed by atoms with Crippen LogP contribution in [0.15, 0.2) is 0 Å². The predicted octanol–water partition coefficient (Wildman–Crippen LogP) is 4.52. The molecule has 0 rings (SSSR count). The summed E-state index contributed by atoms with van der Waals surface area (Å²) in [5, 5.41) is 0. The summed E-state index contributed by atoms with van der Waals surface area (Å²) in [4.78, 5) is 0. The van der Waals surface area contributed by atoms with Crippen LogP contribution in [0.4, 0.5) is 0 Å². The first-order chi connectivity index (χ1) is 7.70. The van der Waals surface area contributed by atoms with E-state index in [1.807, 2.05) is 0 Å². The first-order valence-electron chi connectivity index (χ1n) is 6.89. The van der Waals surface area contributed by atoms with Crippen molar-refractivity contribution in [3.8, 4) is 0 Å². The molecule has 2 nitrogen and oxygen atoms in total. The van der Waals surface area contributed by atoms with Crippen LogP contribution < -0.4 is 0 Å². The molecule has 0 amide bonds. The first kappa shape index (κ1) is 15.9. The Morgan fingerprint density at radius 3 is 1.94 bits per heavy atom. The quantitative estimate of drug-likeness (QED) is 0.383. The predicted molar refractivity (Wildman–Crippen MR) is 69.6 cm³/mol. The van der Waals surface area contributed by atoms with E-state index in [4.69, 9.17) is 9.47 Å². The van der Waals surface area contributed by atoms with Crippen molar-refractivity contribution in [1.29, 1.82) is 0 Å². The summed E-state index contributed by atoms with van der Waals surface area (Å²) in [5.74, 6) is 0. The van der Waals surface area contributed by atoms with E-state index in [0.29, 0.717) is 0 Å². The lowest BCUT2D eigenvalue weighted by atomic mass is 10.1. The van der Waals surface area contributed by atoms with Crippen LogP contribution in [0.5, 0.6) is 0 Å². The molecular weight excluding hydrogens is 200 g/mol. The summed E-state index contributed by atoms with van der Waals surface area (Å²) in [6, 6.07) is 0. The summed E-state index contributed by atoms with van der Waals surface area (Å²) in [7, 11) is 1.73. The van der Waals surface area contributed by atoms with Crippen LogP contribution in [-0.2, 0) is 9.47 Å². The standard InChI is InChI=1S/C14H30O2/c1-5-6-7-8-9-10-11-12-14(15-4)16-13(2)3/h13-14H,5-12H2,1-4H3. The third-order valence-corrected chi connectivity index (χ3v) is 2.73. The highest BCUT2D eigenvalue weighted by Crippen LogP contribution is 2.12. The molecule has 0 heterocycles. The van der Waals surface area contributed by atoms with E-state index in [-0.39, 0.29) is 12.4 Å². The van der Waals surface area contributed by atoms with Crippen LogP contribution in [-0.4, -0.2) is 19.5 Å². The Labute approximate surface area is 102 Å². The van der Waals surface area contributed by atoms with Crippen molar-refractivity contribution in [3.05, 3.63) is 0 Å². The van der Waals surface area contributed by atoms with E-state index in [1.54, 1.807) is 7.11 Å². The molecule has 0 aliphatic rings. The smallest absolute Gasteiger partial charge is 0.157 e. The minimum absolute atomic E-state index is 0.00404. The molecule has 16 heavy (non-hydrogen) atoms. The van der Waals surface area contributed by atoms with Gasteiger partial charge in [0.25, 0.3) is 0 Å². The second-order valence-electron chi connectivity index (χ2n) is 4.76. The number of rotatable bonds is 11. The second kappa shape index (κ2) is 11.4. The van der Waals surface area contributed by atoms with Crippen LogP contribution in [0.2, 0.25) is 0 Å². The Hall–Kier alpha value is -0.0800. The monoisotopic (exact) mass is 230 g/mol. The summed E-state index contributed by atoms with van der Waals surface area (Å²) in [6.07, 6.45) is 10.7. The largest absolute Gasteiger partial charge is 0.356 e. The Balaban J connectivity index is 3.27. The molecule has 0 radical (unpaired) electrons. The fraction of sp³-hybridized carbons (Fsp3) is 1.00. The van der Waals surface area contributed by atoms with Gasteiger partial charge < -0.3 is 9.47 Å². The van der Waals surface area contributed by atoms with E-state index < -0.39 is 0 Å². The van der Waals surface area contributed by atoms with Gasteiger partial charge in [-0.25, -0.2) is 0 Å². The molecule has 0 aromatic heterocycles. The second-order valence-corrected chi connectivity index (χ2v) is 4.76. The zero-order valence-corrected chi connectivity index (χ0v) is 11.6. The third-order valence-electron chi connectivity index (χ3n) is 2.73. The minimum atomic E-state index is -0.00404. The van der Waals surface area contributed by atoms with E-state index in [1.165, 1.54) is 44.9 Å². The zero-order valence-electron chi connectivity index (χ0n) is 11.6. The van der Waals surface area contributed by atoms with E-state index in [9.17, 15) is 0 Å². The van der Waals surface area contributed by atoms with Gasteiger partial charge in [0.1, 0.15) is 0 Å². The number of hydrogen-bond donors (Lipinski definition) is 0. The molecule has 0 spiro atoms. The highest BCUT2D eigenvalue weighted by atomic mass is 16.7. The van der Waals surface area contributed by atoms with Gasteiger partial charge in [0.05, 0.1) is 6.10 Å². The molecule has 0 aliphatic carbocycles. The lowest BCUT2D eigenvalue weighted by Crippen LogP contribution is -2.19. The molecule has 0 aromatic rings. The van der Waals surface area contributed by atoms with Gasteiger partial charge in [-0.2, -0.15) is 0 Å². The SMILES string of the molecule is CCCCCCCCCC(OC)OC(C)C. The molecule has 1 atom stereocenters. The van der Waals surface area contributed by atoms with Crippen LogP contribution in [0.3, 0.4) is 0 Å². The zero-order chi connectivity index (χ0) is 12.2. The summed E-state index contributed by atoms with van der Waals surface area (Å²) in [5.41, 5.74) is 0. The van der Waals surface area contributed by atoms with E-state index >= 15 is 0 Å². The maximum atomic E-state index is 5.62. The Bertz CT molecular complexity index is 135.